The Morgan fingerprint density at radius 2 is 2.33 bits per heavy atom. The fraction of sp³-hybridized carbons (Fsp3) is 0.0909. The van der Waals surface area contributed by atoms with Crippen LogP contribution in [0, 0.1) is 0 Å². The molecule has 7 nitrogen and oxygen atoms in total. The van der Waals surface area contributed by atoms with Gasteiger partial charge in [-0.25, -0.2) is 0 Å². The molecule has 0 aliphatic heterocycles. The van der Waals surface area contributed by atoms with Gasteiger partial charge in [0.1, 0.15) is 17.8 Å². The SMILES string of the molecule is CC(=NNc1ccc2nncn2n1)c1ccco1. The zero-order valence-corrected chi connectivity index (χ0v) is 9.61. The van der Waals surface area contributed by atoms with E-state index in [2.05, 4.69) is 25.8 Å². The van der Waals surface area contributed by atoms with Crippen LogP contribution in [0.1, 0.15) is 12.7 Å². The van der Waals surface area contributed by atoms with E-state index in [0.29, 0.717) is 17.2 Å². The summed E-state index contributed by atoms with van der Waals surface area (Å²) in [5.74, 6) is 1.32. The predicted molar refractivity (Wildman–Crippen MR) is 65.3 cm³/mol. The molecule has 0 radical (unpaired) electrons. The van der Waals surface area contributed by atoms with E-state index in [1.165, 1.54) is 6.33 Å². The average Bonchev–Trinajstić information content (AvgIpc) is 3.05. The third-order valence-electron chi connectivity index (χ3n) is 2.38. The van der Waals surface area contributed by atoms with Crippen LogP contribution in [0.15, 0.2) is 46.4 Å². The Hall–Kier alpha value is -2.70. The van der Waals surface area contributed by atoms with E-state index in [0.717, 1.165) is 5.71 Å². The van der Waals surface area contributed by atoms with Gasteiger partial charge in [-0.1, -0.05) is 0 Å². The first-order valence-electron chi connectivity index (χ1n) is 5.34. The van der Waals surface area contributed by atoms with Crippen LogP contribution in [0.2, 0.25) is 0 Å². The van der Waals surface area contributed by atoms with E-state index in [9.17, 15) is 0 Å². The van der Waals surface area contributed by atoms with Gasteiger partial charge in [0.2, 0.25) is 0 Å². The van der Waals surface area contributed by atoms with Crippen LogP contribution in [0.3, 0.4) is 0 Å². The standard InChI is InChI=1S/C11H10N6O/c1-8(9-3-2-6-18-9)13-14-10-4-5-11-15-12-7-17(11)16-10/h2-7H,1H3,(H,14,16). The van der Waals surface area contributed by atoms with E-state index in [1.54, 1.807) is 22.9 Å². The molecule has 0 aromatic carbocycles. The predicted octanol–water partition coefficient (Wildman–Crippen LogP) is 1.55. The van der Waals surface area contributed by atoms with Crippen molar-refractivity contribution in [2.45, 2.75) is 6.92 Å². The zero-order chi connectivity index (χ0) is 12.4. The van der Waals surface area contributed by atoms with Gasteiger partial charge in [0.25, 0.3) is 0 Å². The van der Waals surface area contributed by atoms with Gasteiger partial charge in [0.15, 0.2) is 11.5 Å². The molecule has 1 N–H and O–H groups in total. The molecule has 0 saturated heterocycles. The van der Waals surface area contributed by atoms with Crippen molar-refractivity contribution in [3.05, 3.63) is 42.6 Å². The molecule has 7 heteroatoms. The molecule has 3 aromatic rings. The molecule has 0 saturated carbocycles. The van der Waals surface area contributed by atoms with Crippen LogP contribution in [0.4, 0.5) is 5.82 Å². The van der Waals surface area contributed by atoms with Gasteiger partial charge < -0.3 is 4.42 Å². The van der Waals surface area contributed by atoms with Crippen molar-refractivity contribution in [1.29, 1.82) is 0 Å². The van der Waals surface area contributed by atoms with Crippen LogP contribution < -0.4 is 5.43 Å². The topological polar surface area (TPSA) is 80.6 Å². The van der Waals surface area contributed by atoms with E-state index in [1.807, 2.05) is 19.1 Å². The summed E-state index contributed by atoms with van der Waals surface area (Å²) in [5.41, 5.74) is 4.28. The molecular formula is C11H10N6O. The Bertz CT molecular complexity index is 684. The highest BCUT2D eigenvalue weighted by molar-refractivity contribution is 5.96. The highest BCUT2D eigenvalue weighted by Crippen LogP contribution is 2.06. The molecule has 0 fully saturated rings. The summed E-state index contributed by atoms with van der Waals surface area (Å²) in [5, 5.41) is 16.0. The lowest BCUT2D eigenvalue weighted by Gasteiger charge is -2.00. The first kappa shape index (κ1) is 10.5. The van der Waals surface area contributed by atoms with Gasteiger partial charge in [-0.05, 0) is 31.2 Å². The van der Waals surface area contributed by atoms with E-state index < -0.39 is 0 Å². The number of aromatic nitrogens is 4. The Kier molecular flexibility index (Phi) is 2.49. The van der Waals surface area contributed by atoms with Crippen molar-refractivity contribution in [3.8, 4) is 0 Å². The van der Waals surface area contributed by atoms with Crippen molar-refractivity contribution >= 4 is 17.2 Å². The Morgan fingerprint density at radius 1 is 1.39 bits per heavy atom. The van der Waals surface area contributed by atoms with Crippen molar-refractivity contribution < 1.29 is 4.42 Å². The molecule has 3 aromatic heterocycles. The number of furan rings is 1. The minimum absolute atomic E-state index is 0.605. The Labute approximate surface area is 102 Å². The molecule has 0 aliphatic rings. The molecular weight excluding hydrogens is 232 g/mol. The van der Waals surface area contributed by atoms with Crippen LogP contribution in [-0.2, 0) is 0 Å². The second kappa shape index (κ2) is 4.28. The first-order chi connectivity index (χ1) is 8.83. The van der Waals surface area contributed by atoms with Crippen LogP contribution in [-0.4, -0.2) is 25.5 Å². The molecule has 0 atom stereocenters. The Morgan fingerprint density at radius 3 is 3.17 bits per heavy atom. The van der Waals surface area contributed by atoms with Gasteiger partial charge >= 0.3 is 0 Å². The van der Waals surface area contributed by atoms with E-state index in [4.69, 9.17) is 4.42 Å². The lowest BCUT2D eigenvalue weighted by Crippen LogP contribution is -2.01. The number of anilines is 1. The monoisotopic (exact) mass is 242 g/mol. The molecule has 90 valence electrons. The maximum absolute atomic E-state index is 5.23. The third kappa shape index (κ3) is 1.93. The summed E-state index contributed by atoms with van der Waals surface area (Å²) < 4.78 is 6.79. The quantitative estimate of drug-likeness (QED) is 0.556. The fourth-order valence-electron chi connectivity index (χ4n) is 1.47. The molecule has 18 heavy (non-hydrogen) atoms. The van der Waals surface area contributed by atoms with Gasteiger partial charge in [0, 0.05) is 0 Å². The maximum Gasteiger partial charge on any atom is 0.177 e. The zero-order valence-electron chi connectivity index (χ0n) is 9.61. The van der Waals surface area contributed by atoms with Crippen LogP contribution in [0.5, 0.6) is 0 Å². The summed E-state index contributed by atoms with van der Waals surface area (Å²) in [6.45, 7) is 1.85. The Balaban J connectivity index is 1.82. The van der Waals surface area contributed by atoms with Crippen molar-refractivity contribution in [1.82, 2.24) is 19.8 Å². The number of hydrogen-bond acceptors (Lipinski definition) is 6. The number of hydrazone groups is 1. The lowest BCUT2D eigenvalue weighted by atomic mass is 10.3. The molecule has 0 amide bonds. The molecule has 3 heterocycles. The smallest absolute Gasteiger partial charge is 0.177 e. The average molecular weight is 242 g/mol. The molecule has 0 aliphatic carbocycles. The van der Waals surface area contributed by atoms with Gasteiger partial charge in [0.05, 0.1) is 6.26 Å². The lowest BCUT2D eigenvalue weighted by molar-refractivity contribution is 0.557. The van der Waals surface area contributed by atoms with Crippen molar-refractivity contribution in [3.63, 3.8) is 0 Å². The summed E-state index contributed by atoms with van der Waals surface area (Å²) in [4.78, 5) is 0. The highest BCUT2D eigenvalue weighted by atomic mass is 16.3. The molecule has 0 spiro atoms. The largest absolute Gasteiger partial charge is 0.463 e. The number of rotatable bonds is 3. The van der Waals surface area contributed by atoms with Crippen LogP contribution in [0.25, 0.3) is 5.65 Å². The molecule has 0 unspecified atom stereocenters. The third-order valence-corrected chi connectivity index (χ3v) is 2.38. The highest BCUT2D eigenvalue weighted by Gasteiger charge is 2.01. The fourth-order valence-corrected chi connectivity index (χ4v) is 1.47. The van der Waals surface area contributed by atoms with E-state index >= 15 is 0 Å². The van der Waals surface area contributed by atoms with Crippen molar-refractivity contribution in [2.24, 2.45) is 5.10 Å². The second-order valence-electron chi connectivity index (χ2n) is 3.64. The summed E-state index contributed by atoms with van der Waals surface area (Å²) in [7, 11) is 0. The molecule has 3 rings (SSSR count). The van der Waals surface area contributed by atoms with Gasteiger partial charge in [-0.15, -0.1) is 15.3 Å². The minimum Gasteiger partial charge on any atom is -0.463 e. The number of hydrogen-bond donors (Lipinski definition) is 1. The van der Waals surface area contributed by atoms with Gasteiger partial charge in [-0.3, -0.25) is 5.43 Å². The molecule has 0 bridgehead atoms. The van der Waals surface area contributed by atoms with Crippen molar-refractivity contribution in [2.75, 3.05) is 5.43 Å². The second-order valence-corrected chi connectivity index (χ2v) is 3.64. The minimum atomic E-state index is 0.605. The summed E-state index contributed by atoms with van der Waals surface area (Å²) >= 11 is 0. The summed E-state index contributed by atoms with van der Waals surface area (Å²) in [6, 6.07) is 7.25. The van der Waals surface area contributed by atoms with E-state index in [-0.39, 0.29) is 0 Å². The number of nitrogens with zero attached hydrogens (tertiary/aromatic N) is 5. The normalized spacial score (nSPS) is 11.9. The first-order valence-corrected chi connectivity index (χ1v) is 5.34. The number of nitrogens with one attached hydrogen (secondary N) is 1. The summed E-state index contributed by atoms with van der Waals surface area (Å²) in [6.07, 6.45) is 3.14. The number of fused-ring (bicyclic) bond motifs is 1. The van der Waals surface area contributed by atoms with Gasteiger partial charge in [-0.2, -0.15) is 9.62 Å². The van der Waals surface area contributed by atoms with Crippen LogP contribution >= 0.6 is 0 Å². The maximum atomic E-state index is 5.23.